The average molecular weight is 303 g/mol. The van der Waals surface area contributed by atoms with Gasteiger partial charge in [-0.1, -0.05) is 26.0 Å². The minimum absolute atomic E-state index is 0.234. The minimum Gasteiger partial charge on any atom is -0.368 e. The molecule has 0 aliphatic heterocycles. The molecule has 2 aromatic rings. The summed E-state index contributed by atoms with van der Waals surface area (Å²) in [6, 6.07) is 7.59. The second-order valence-electron chi connectivity index (χ2n) is 5.74. The number of para-hydroxylation sites is 2. The van der Waals surface area contributed by atoms with Crippen molar-refractivity contribution in [1.29, 1.82) is 0 Å². The maximum atomic E-state index is 12.6. The summed E-state index contributed by atoms with van der Waals surface area (Å²) < 4.78 is 1.81. The van der Waals surface area contributed by atoms with Gasteiger partial charge in [0.2, 0.25) is 5.91 Å². The molecule has 0 radical (unpaired) electrons. The molecule has 4 N–H and O–H groups in total. The number of fused-ring (bicyclic) bond motifs is 1. The van der Waals surface area contributed by atoms with Crippen molar-refractivity contribution in [1.82, 2.24) is 14.5 Å². The third-order valence-electron chi connectivity index (χ3n) is 3.91. The van der Waals surface area contributed by atoms with Crippen molar-refractivity contribution in [3.8, 4) is 0 Å². The molecule has 1 aromatic heterocycles. The maximum absolute atomic E-state index is 12.6. The van der Waals surface area contributed by atoms with E-state index in [9.17, 15) is 9.59 Å². The van der Waals surface area contributed by atoms with E-state index < -0.39 is 23.3 Å². The van der Waals surface area contributed by atoms with Gasteiger partial charge in [-0.3, -0.25) is 9.59 Å². The summed E-state index contributed by atoms with van der Waals surface area (Å²) in [5.74, 6) is -1.73. The van der Waals surface area contributed by atoms with Crippen LogP contribution < -0.4 is 11.5 Å². The number of benzene rings is 1. The zero-order chi connectivity index (χ0) is 16.5. The Morgan fingerprint density at radius 1 is 1.36 bits per heavy atom. The van der Waals surface area contributed by atoms with E-state index in [-0.39, 0.29) is 6.67 Å². The molecule has 1 atom stereocenters. The lowest BCUT2D eigenvalue weighted by molar-refractivity contribution is -0.145. The molecule has 0 aliphatic carbocycles. The predicted molar refractivity (Wildman–Crippen MR) is 83.5 cm³/mol. The monoisotopic (exact) mass is 303 g/mol. The van der Waals surface area contributed by atoms with Gasteiger partial charge < -0.3 is 20.9 Å². The second kappa shape index (κ2) is 5.76. The molecule has 7 heteroatoms. The third kappa shape index (κ3) is 2.55. The van der Waals surface area contributed by atoms with Crippen molar-refractivity contribution in [3.05, 3.63) is 30.6 Å². The molecule has 1 aromatic carbocycles. The number of likely N-dealkylation sites (N-methyl/N-ethyl adjacent to an activating group) is 1. The number of imidazole rings is 1. The van der Waals surface area contributed by atoms with E-state index in [1.165, 1.54) is 4.90 Å². The molecule has 22 heavy (non-hydrogen) atoms. The summed E-state index contributed by atoms with van der Waals surface area (Å²) in [7, 11) is 1.59. The first kappa shape index (κ1) is 16.0. The fourth-order valence-electron chi connectivity index (χ4n) is 2.37. The Balaban J connectivity index is 2.26. The van der Waals surface area contributed by atoms with Gasteiger partial charge in [0, 0.05) is 7.05 Å². The number of nitrogens with zero attached hydrogens (tertiary/aromatic N) is 3. The highest BCUT2D eigenvalue weighted by atomic mass is 16.2. The van der Waals surface area contributed by atoms with Gasteiger partial charge in [0.25, 0.3) is 5.91 Å². The highest BCUT2D eigenvalue weighted by molar-refractivity contribution is 6.09. The largest absolute Gasteiger partial charge is 0.368 e. The lowest BCUT2D eigenvalue weighted by Gasteiger charge is -2.33. The van der Waals surface area contributed by atoms with Crippen LogP contribution >= 0.6 is 0 Å². The van der Waals surface area contributed by atoms with Crippen LogP contribution in [-0.2, 0) is 16.3 Å². The minimum atomic E-state index is -1.72. The molecule has 1 heterocycles. The molecule has 0 unspecified atom stereocenters. The number of hydrogen-bond donors (Lipinski definition) is 2. The number of primary amides is 1. The predicted octanol–water partition coefficient (Wildman–Crippen LogP) is 0.291. The molecule has 0 bridgehead atoms. The molecule has 2 amide bonds. The second-order valence-corrected chi connectivity index (χ2v) is 5.74. The van der Waals surface area contributed by atoms with E-state index in [0.29, 0.717) is 0 Å². The average Bonchev–Trinajstić information content (AvgIpc) is 2.88. The number of amides is 2. The summed E-state index contributed by atoms with van der Waals surface area (Å²) >= 11 is 0. The quantitative estimate of drug-likeness (QED) is 0.774. The van der Waals surface area contributed by atoms with Crippen LogP contribution in [0.3, 0.4) is 0 Å². The van der Waals surface area contributed by atoms with Crippen molar-refractivity contribution >= 4 is 22.8 Å². The molecule has 0 spiro atoms. The molecule has 0 fully saturated rings. The first-order chi connectivity index (χ1) is 10.3. The summed E-state index contributed by atoms with van der Waals surface area (Å²) in [6.45, 7) is 3.63. The smallest absolute Gasteiger partial charge is 0.253 e. The summed E-state index contributed by atoms with van der Waals surface area (Å²) in [4.78, 5) is 29.9. The molecule has 0 saturated carbocycles. The van der Waals surface area contributed by atoms with Crippen molar-refractivity contribution < 1.29 is 9.59 Å². The topological polar surface area (TPSA) is 107 Å². The van der Waals surface area contributed by atoms with Crippen LogP contribution in [-0.4, -0.2) is 38.9 Å². The standard InChI is InChI=1S/C15H21N5O2/c1-10(2)15(17,13(16)21)14(22)19(3)9-20-8-18-11-6-4-5-7-12(11)20/h4-8,10H,9,17H2,1-3H3,(H2,16,21)/t15-/m0/s1. The van der Waals surface area contributed by atoms with E-state index in [0.717, 1.165) is 11.0 Å². The summed E-state index contributed by atoms with van der Waals surface area (Å²) in [5, 5.41) is 0. The number of nitrogens with two attached hydrogens (primary N) is 2. The first-order valence-electron chi connectivity index (χ1n) is 7.02. The zero-order valence-corrected chi connectivity index (χ0v) is 13.0. The molecule has 2 rings (SSSR count). The SMILES string of the molecule is CC(C)[C@](N)(C(N)=O)C(=O)N(C)Cn1cnc2ccccc21. The van der Waals surface area contributed by atoms with Crippen molar-refractivity contribution in [2.45, 2.75) is 26.1 Å². The fraction of sp³-hybridized carbons (Fsp3) is 0.400. The van der Waals surface area contributed by atoms with Crippen molar-refractivity contribution in [3.63, 3.8) is 0 Å². The lowest BCUT2D eigenvalue weighted by Crippen LogP contribution is -2.65. The fourth-order valence-corrected chi connectivity index (χ4v) is 2.37. The molecule has 0 saturated heterocycles. The highest BCUT2D eigenvalue weighted by Gasteiger charge is 2.45. The number of hydrogen-bond acceptors (Lipinski definition) is 4. The molecular weight excluding hydrogens is 282 g/mol. The molecule has 7 nitrogen and oxygen atoms in total. The normalized spacial score (nSPS) is 14.0. The van der Waals surface area contributed by atoms with Gasteiger partial charge in [0.1, 0.15) is 0 Å². The summed E-state index contributed by atoms with van der Waals surface area (Å²) in [5.41, 5.74) is 11.3. The van der Waals surface area contributed by atoms with Crippen LogP contribution in [0.15, 0.2) is 30.6 Å². The summed E-state index contributed by atoms with van der Waals surface area (Å²) in [6.07, 6.45) is 1.65. The Labute approximate surface area is 128 Å². The third-order valence-corrected chi connectivity index (χ3v) is 3.91. The Morgan fingerprint density at radius 2 is 2.00 bits per heavy atom. The van der Waals surface area contributed by atoms with Crippen LogP contribution in [0.5, 0.6) is 0 Å². The van der Waals surface area contributed by atoms with Gasteiger partial charge >= 0.3 is 0 Å². The lowest BCUT2D eigenvalue weighted by atomic mass is 9.85. The van der Waals surface area contributed by atoms with Crippen molar-refractivity contribution in [2.24, 2.45) is 17.4 Å². The Hall–Kier alpha value is -2.41. The molecule has 0 aliphatic rings. The number of carbonyl (C=O) groups excluding carboxylic acids is 2. The van der Waals surface area contributed by atoms with Gasteiger partial charge in [-0.25, -0.2) is 4.98 Å². The van der Waals surface area contributed by atoms with Gasteiger partial charge in [-0.15, -0.1) is 0 Å². The molecular formula is C15H21N5O2. The Kier molecular flexibility index (Phi) is 4.18. The van der Waals surface area contributed by atoms with Crippen LogP contribution in [0.1, 0.15) is 13.8 Å². The van der Waals surface area contributed by atoms with Gasteiger partial charge in [0.05, 0.1) is 24.0 Å². The van der Waals surface area contributed by atoms with E-state index >= 15 is 0 Å². The van der Waals surface area contributed by atoms with E-state index in [1.54, 1.807) is 27.2 Å². The number of rotatable bonds is 5. The van der Waals surface area contributed by atoms with Crippen LogP contribution in [0.4, 0.5) is 0 Å². The van der Waals surface area contributed by atoms with Gasteiger partial charge in [-0.2, -0.15) is 0 Å². The van der Waals surface area contributed by atoms with Gasteiger partial charge in [0.15, 0.2) is 5.54 Å². The van der Waals surface area contributed by atoms with Crippen LogP contribution in [0, 0.1) is 5.92 Å². The van der Waals surface area contributed by atoms with E-state index in [2.05, 4.69) is 4.98 Å². The first-order valence-corrected chi connectivity index (χ1v) is 7.02. The van der Waals surface area contributed by atoms with Crippen molar-refractivity contribution in [2.75, 3.05) is 7.05 Å². The zero-order valence-electron chi connectivity index (χ0n) is 13.0. The highest BCUT2D eigenvalue weighted by Crippen LogP contribution is 2.18. The number of aromatic nitrogens is 2. The number of carbonyl (C=O) groups is 2. The van der Waals surface area contributed by atoms with Crippen LogP contribution in [0.2, 0.25) is 0 Å². The van der Waals surface area contributed by atoms with E-state index in [4.69, 9.17) is 11.5 Å². The van der Waals surface area contributed by atoms with Gasteiger partial charge in [-0.05, 0) is 18.1 Å². The Morgan fingerprint density at radius 3 is 2.59 bits per heavy atom. The van der Waals surface area contributed by atoms with E-state index in [1.807, 2.05) is 28.8 Å². The maximum Gasteiger partial charge on any atom is 0.253 e. The van der Waals surface area contributed by atoms with Crippen LogP contribution in [0.25, 0.3) is 11.0 Å². The Bertz CT molecular complexity index is 709. The molecule has 118 valence electrons.